The van der Waals surface area contributed by atoms with E-state index in [-0.39, 0.29) is 17.2 Å². The number of aliphatic hydroxyl groups is 1. The van der Waals surface area contributed by atoms with Crippen LogP contribution >= 0.6 is 0 Å². The lowest BCUT2D eigenvalue weighted by Crippen LogP contribution is -2.36. The first-order chi connectivity index (χ1) is 16.9. The van der Waals surface area contributed by atoms with Gasteiger partial charge in [-0.05, 0) is 50.1 Å². The maximum absolute atomic E-state index is 13.5. The van der Waals surface area contributed by atoms with E-state index < -0.39 is 12.0 Å². The summed E-state index contributed by atoms with van der Waals surface area (Å²) in [5, 5.41) is 9.84. The van der Waals surface area contributed by atoms with Crippen LogP contribution in [0.25, 0.3) is 0 Å². The van der Waals surface area contributed by atoms with Crippen LogP contribution < -0.4 is 10.6 Å². The van der Waals surface area contributed by atoms with Crippen molar-refractivity contribution in [3.63, 3.8) is 0 Å². The van der Waals surface area contributed by atoms with Crippen LogP contribution in [0.4, 0.5) is 5.95 Å². The average Bonchev–Trinajstić information content (AvgIpc) is 3.54. The number of hydrogen-bond donors (Lipinski definition) is 2. The highest BCUT2D eigenvalue weighted by Crippen LogP contribution is 2.33. The SMILES string of the molecule is Cc1nc(N2CC[C@H](O)C2)nc(C(N)=O)c1C(=O)N1CC2CN(CCCc3ccccc3)CC2C1. The molecule has 0 radical (unpaired) electrons. The van der Waals surface area contributed by atoms with Crippen molar-refractivity contribution < 1.29 is 14.7 Å². The summed E-state index contributed by atoms with van der Waals surface area (Å²) < 4.78 is 0. The van der Waals surface area contributed by atoms with Crippen molar-refractivity contribution in [1.82, 2.24) is 19.8 Å². The molecule has 9 heteroatoms. The Labute approximate surface area is 205 Å². The molecule has 1 aromatic heterocycles. The zero-order valence-corrected chi connectivity index (χ0v) is 20.3. The van der Waals surface area contributed by atoms with Gasteiger partial charge in [-0.3, -0.25) is 9.59 Å². The maximum Gasteiger partial charge on any atom is 0.268 e. The molecule has 1 aromatic carbocycles. The molecular weight excluding hydrogens is 444 g/mol. The van der Waals surface area contributed by atoms with Crippen LogP contribution in [0.5, 0.6) is 0 Å². The molecule has 3 aliphatic heterocycles. The lowest BCUT2D eigenvalue weighted by atomic mass is 10.0. The summed E-state index contributed by atoms with van der Waals surface area (Å²) in [6, 6.07) is 10.6. The van der Waals surface area contributed by atoms with Crippen LogP contribution in [0.3, 0.4) is 0 Å². The van der Waals surface area contributed by atoms with Gasteiger partial charge in [0.15, 0.2) is 0 Å². The van der Waals surface area contributed by atoms with Crippen molar-refractivity contribution in [2.75, 3.05) is 50.7 Å². The van der Waals surface area contributed by atoms with E-state index in [1.807, 2.05) is 15.9 Å². The predicted octanol–water partition coefficient (Wildman–Crippen LogP) is 1.09. The molecule has 0 spiro atoms. The third-order valence-corrected chi connectivity index (χ3v) is 7.60. The van der Waals surface area contributed by atoms with E-state index in [1.165, 1.54) is 5.56 Å². The lowest BCUT2D eigenvalue weighted by molar-refractivity contribution is 0.0766. The summed E-state index contributed by atoms with van der Waals surface area (Å²) >= 11 is 0. The van der Waals surface area contributed by atoms with Crippen molar-refractivity contribution >= 4 is 17.8 Å². The molecule has 35 heavy (non-hydrogen) atoms. The van der Waals surface area contributed by atoms with E-state index in [0.29, 0.717) is 56.1 Å². The Hall–Kier alpha value is -3.04. The third kappa shape index (κ3) is 5.01. The monoisotopic (exact) mass is 478 g/mol. The minimum absolute atomic E-state index is 0.0292. The van der Waals surface area contributed by atoms with Gasteiger partial charge >= 0.3 is 0 Å². The third-order valence-electron chi connectivity index (χ3n) is 7.60. The first-order valence-electron chi connectivity index (χ1n) is 12.6. The number of nitrogens with zero attached hydrogens (tertiary/aromatic N) is 5. The second kappa shape index (κ2) is 9.91. The van der Waals surface area contributed by atoms with Gasteiger partial charge in [0, 0.05) is 39.3 Å². The molecule has 3 N–H and O–H groups in total. The van der Waals surface area contributed by atoms with Gasteiger partial charge in [-0.2, -0.15) is 0 Å². The van der Waals surface area contributed by atoms with Crippen molar-refractivity contribution in [3.05, 3.63) is 52.8 Å². The maximum atomic E-state index is 13.5. The molecule has 2 aromatic rings. The molecule has 0 saturated carbocycles. The zero-order chi connectivity index (χ0) is 24.5. The highest BCUT2D eigenvalue weighted by Gasteiger charge is 2.42. The molecule has 3 fully saturated rings. The Kier molecular flexibility index (Phi) is 6.71. The molecule has 186 valence electrons. The van der Waals surface area contributed by atoms with Crippen LogP contribution in [0.1, 0.15) is 44.9 Å². The summed E-state index contributed by atoms with van der Waals surface area (Å²) in [4.78, 5) is 40.8. The molecular formula is C26H34N6O3. The van der Waals surface area contributed by atoms with E-state index >= 15 is 0 Å². The topological polar surface area (TPSA) is 116 Å². The van der Waals surface area contributed by atoms with Gasteiger partial charge in [-0.15, -0.1) is 0 Å². The number of carbonyl (C=O) groups is 2. The molecule has 9 nitrogen and oxygen atoms in total. The number of nitrogens with two attached hydrogens (primary N) is 1. The number of likely N-dealkylation sites (tertiary alicyclic amines) is 2. The number of fused-ring (bicyclic) bond motifs is 1. The fourth-order valence-electron chi connectivity index (χ4n) is 5.81. The number of anilines is 1. The van der Waals surface area contributed by atoms with Crippen LogP contribution in [0.15, 0.2) is 30.3 Å². The first kappa shape index (κ1) is 23.7. The van der Waals surface area contributed by atoms with E-state index in [0.717, 1.165) is 32.5 Å². The van der Waals surface area contributed by atoms with Gasteiger partial charge in [0.2, 0.25) is 5.95 Å². The number of benzene rings is 1. The van der Waals surface area contributed by atoms with Gasteiger partial charge in [0.25, 0.3) is 11.8 Å². The van der Waals surface area contributed by atoms with Crippen molar-refractivity contribution in [1.29, 1.82) is 0 Å². The number of rotatable bonds is 7. The molecule has 2 unspecified atom stereocenters. The normalized spacial score (nSPS) is 24.2. The number of aryl methyl sites for hydroxylation is 2. The number of β-amino-alcohol motifs (C(OH)–C–C–N with tert-alkyl or cyclic N) is 1. The molecule has 0 bridgehead atoms. The standard InChI is InChI=1S/C26H34N6O3/c1-17-22(23(24(27)34)29-26(28-17)31-11-9-21(33)16-31)25(35)32-14-19-12-30(13-20(19)15-32)10-5-8-18-6-3-2-4-7-18/h2-4,6-7,19-21,33H,5,8-16H2,1H3,(H2,27,34)/t19?,20?,21-/m0/s1. The Morgan fingerprint density at radius 1 is 1.06 bits per heavy atom. The predicted molar refractivity (Wildman–Crippen MR) is 132 cm³/mol. The summed E-state index contributed by atoms with van der Waals surface area (Å²) in [6.45, 7) is 7.15. The van der Waals surface area contributed by atoms with Crippen LogP contribution in [0.2, 0.25) is 0 Å². The molecule has 0 aliphatic carbocycles. The van der Waals surface area contributed by atoms with Gasteiger partial charge in [0.05, 0.1) is 17.4 Å². The molecule has 3 atom stereocenters. The van der Waals surface area contributed by atoms with E-state index in [1.54, 1.807) is 6.92 Å². The Balaban J connectivity index is 1.21. The van der Waals surface area contributed by atoms with Crippen molar-refractivity contribution in [2.45, 2.75) is 32.3 Å². The molecule has 4 heterocycles. The summed E-state index contributed by atoms with van der Waals surface area (Å²) in [7, 11) is 0. The minimum Gasteiger partial charge on any atom is -0.391 e. The molecule has 2 amide bonds. The Bertz CT molecular complexity index is 1080. The van der Waals surface area contributed by atoms with E-state index in [9.17, 15) is 14.7 Å². The smallest absolute Gasteiger partial charge is 0.268 e. The molecule has 3 aliphatic rings. The van der Waals surface area contributed by atoms with E-state index in [2.05, 4.69) is 39.1 Å². The number of amides is 2. The van der Waals surface area contributed by atoms with E-state index in [4.69, 9.17) is 5.73 Å². The second-order valence-electron chi connectivity index (χ2n) is 10.2. The minimum atomic E-state index is -0.733. The number of aliphatic hydroxyl groups excluding tert-OH is 1. The Morgan fingerprint density at radius 2 is 1.77 bits per heavy atom. The summed E-state index contributed by atoms with van der Waals surface area (Å²) in [5.41, 5.74) is 7.65. The molecule has 3 saturated heterocycles. The lowest BCUT2D eigenvalue weighted by Gasteiger charge is -2.23. The summed E-state index contributed by atoms with van der Waals surface area (Å²) in [6.07, 6.45) is 2.39. The molecule has 5 rings (SSSR count). The number of primary amides is 1. The van der Waals surface area contributed by atoms with Crippen LogP contribution in [-0.2, 0) is 6.42 Å². The average molecular weight is 479 g/mol. The zero-order valence-electron chi connectivity index (χ0n) is 20.3. The van der Waals surface area contributed by atoms with Crippen LogP contribution in [-0.4, -0.2) is 88.6 Å². The highest BCUT2D eigenvalue weighted by molar-refractivity contribution is 6.06. The van der Waals surface area contributed by atoms with Gasteiger partial charge < -0.3 is 25.5 Å². The number of hydrogen-bond acceptors (Lipinski definition) is 7. The van der Waals surface area contributed by atoms with Crippen molar-refractivity contribution in [3.8, 4) is 0 Å². The first-order valence-corrected chi connectivity index (χ1v) is 12.6. The van der Waals surface area contributed by atoms with Gasteiger partial charge in [-0.25, -0.2) is 9.97 Å². The fraction of sp³-hybridized carbons (Fsp3) is 0.538. The summed E-state index contributed by atoms with van der Waals surface area (Å²) in [5.74, 6) is 0.283. The highest BCUT2D eigenvalue weighted by atomic mass is 16.3. The number of carbonyl (C=O) groups excluding carboxylic acids is 2. The van der Waals surface area contributed by atoms with Gasteiger partial charge in [0.1, 0.15) is 5.69 Å². The quantitative estimate of drug-likeness (QED) is 0.612. The van der Waals surface area contributed by atoms with Gasteiger partial charge in [-0.1, -0.05) is 30.3 Å². The number of aromatic nitrogens is 2. The Morgan fingerprint density at radius 3 is 2.40 bits per heavy atom. The van der Waals surface area contributed by atoms with Crippen molar-refractivity contribution in [2.24, 2.45) is 17.6 Å². The fourth-order valence-corrected chi connectivity index (χ4v) is 5.81. The van der Waals surface area contributed by atoms with Crippen LogP contribution in [0, 0.1) is 18.8 Å². The second-order valence-corrected chi connectivity index (χ2v) is 10.2. The largest absolute Gasteiger partial charge is 0.391 e.